The summed E-state index contributed by atoms with van der Waals surface area (Å²) in [4.78, 5) is 10.3. The smallest absolute Gasteiger partial charge is 1.00 e. The van der Waals surface area contributed by atoms with E-state index in [1.54, 1.807) is 0 Å². The fourth-order valence-corrected chi connectivity index (χ4v) is 1.99. The van der Waals surface area contributed by atoms with Crippen LogP contribution in [0.3, 0.4) is 0 Å². The van der Waals surface area contributed by atoms with Crippen LogP contribution in [0.2, 0.25) is 0 Å². The maximum Gasteiger partial charge on any atom is 2.00 e. The van der Waals surface area contributed by atoms with Gasteiger partial charge in [0.2, 0.25) is 0 Å². The van der Waals surface area contributed by atoms with Crippen molar-refractivity contribution in [3.63, 3.8) is 0 Å². The van der Waals surface area contributed by atoms with Crippen molar-refractivity contribution >= 4 is 54.9 Å². The molecule has 0 saturated carbocycles. The third-order valence-corrected chi connectivity index (χ3v) is 3.15. The van der Waals surface area contributed by atoms with Crippen LogP contribution in [0.1, 0.15) is 86.8 Å². The molecule has 0 amide bonds. The van der Waals surface area contributed by atoms with Crippen LogP contribution < -0.4 is 0 Å². The molecule has 0 fully saturated rings. The van der Waals surface area contributed by atoms with Crippen molar-refractivity contribution in [1.82, 2.24) is 0 Å². The summed E-state index contributed by atoms with van der Waals surface area (Å²) in [5.41, 5.74) is 0. The number of aliphatic carboxylic acids is 1. The number of carboxylic acid groups (broad SMARTS) is 1. The molecular weight excluding hydrogens is 362 g/mol. The third-order valence-electron chi connectivity index (χ3n) is 3.15. The van der Waals surface area contributed by atoms with Crippen molar-refractivity contribution in [3.8, 4) is 0 Å². The number of carboxylic acids is 1. The van der Waals surface area contributed by atoms with Crippen LogP contribution in [-0.2, 0) is 4.79 Å². The van der Waals surface area contributed by atoms with Crippen LogP contribution in [0, 0.1) is 0 Å². The molecular formula is C16H32BaO2. The normalized spacial score (nSPS) is 10.6. The van der Waals surface area contributed by atoms with Gasteiger partial charge in [-0.25, -0.2) is 0 Å². The second kappa shape index (κ2) is 18.8. The second-order valence-corrected chi connectivity index (χ2v) is 5.02. The average Bonchev–Trinajstić information content (AvgIpc) is 2.34. The van der Waals surface area contributed by atoms with E-state index in [2.05, 4.69) is 19.1 Å². The zero-order chi connectivity index (χ0) is 13.5. The zero-order valence-electron chi connectivity index (χ0n) is 14.7. The minimum Gasteiger partial charge on any atom is -1.00 e. The molecule has 0 aliphatic carbocycles. The fraction of sp³-hybridized carbons (Fsp3) is 0.812. The Kier molecular flexibility index (Phi) is 21.8. The molecule has 0 aromatic carbocycles. The Morgan fingerprint density at radius 1 is 0.895 bits per heavy atom. The zero-order valence-corrected chi connectivity index (χ0v) is 17.1. The molecule has 0 aliphatic rings. The van der Waals surface area contributed by atoms with Gasteiger partial charge in [0.05, 0.1) is 0 Å². The van der Waals surface area contributed by atoms with Crippen molar-refractivity contribution in [1.29, 1.82) is 0 Å². The molecule has 110 valence electrons. The van der Waals surface area contributed by atoms with E-state index < -0.39 is 5.97 Å². The van der Waals surface area contributed by atoms with E-state index in [4.69, 9.17) is 5.11 Å². The van der Waals surface area contributed by atoms with E-state index in [1.807, 2.05) is 0 Å². The van der Waals surface area contributed by atoms with Crippen LogP contribution >= 0.6 is 0 Å². The van der Waals surface area contributed by atoms with Crippen LogP contribution in [0.5, 0.6) is 0 Å². The van der Waals surface area contributed by atoms with Gasteiger partial charge < -0.3 is 7.96 Å². The quantitative estimate of drug-likeness (QED) is 0.266. The first-order chi connectivity index (χ1) is 8.77. The Labute approximate surface area is 162 Å². The van der Waals surface area contributed by atoms with Crippen LogP contribution in [-0.4, -0.2) is 60.0 Å². The van der Waals surface area contributed by atoms with Gasteiger partial charge >= 0.3 is 54.9 Å². The minimum absolute atomic E-state index is 0. The van der Waals surface area contributed by atoms with Crippen molar-refractivity contribution in [2.24, 2.45) is 0 Å². The van der Waals surface area contributed by atoms with Gasteiger partial charge in [0.15, 0.2) is 0 Å². The Bertz CT molecular complexity index is 224. The van der Waals surface area contributed by atoms with E-state index in [0.717, 1.165) is 12.8 Å². The fourth-order valence-electron chi connectivity index (χ4n) is 1.99. The molecule has 0 atom stereocenters. The van der Waals surface area contributed by atoms with Gasteiger partial charge in [-0.1, -0.05) is 57.6 Å². The summed E-state index contributed by atoms with van der Waals surface area (Å²) in [5, 5.41) is 8.48. The summed E-state index contributed by atoms with van der Waals surface area (Å²) in [6.07, 6.45) is 18.3. The third kappa shape index (κ3) is 21.2. The molecule has 2 nitrogen and oxygen atoms in total. The second-order valence-electron chi connectivity index (χ2n) is 5.02. The van der Waals surface area contributed by atoms with Crippen molar-refractivity contribution in [2.75, 3.05) is 0 Å². The molecule has 0 heterocycles. The molecule has 1 N–H and O–H groups in total. The molecule has 0 saturated heterocycles. The van der Waals surface area contributed by atoms with E-state index in [-0.39, 0.29) is 51.7 Å². The molecule has 0 aliphatic heterocycles. The molecule has 0 spiro atoms. The standard InChI is InChI=1S/C16H30O2.Ba.2H/c1-2-3-4-5-6-7-8-9-10-11-12-13-14-15-16(17)18;;;/h7-8H,2-6,9-15H2,1H3,(H,17,18);;;/q;+2;2*-1/b8-7-;;;. The maximum atomic E-state index is 10.3. The first-order valence-corrected chi connectivity index (χ1v) is 7.64. The topological polar surface area (TPSA) is 37.3 Å². The van der Waals surface area contributed by atoms with Crippen LogP contribution in [0.25, 0.3) is 0 Å². The van der Waals surface area contributed by atoms with Crippen molar-refractivity contribution in [2.45, 2.75) is 84.0 Å². The summed E-state index contributed by atoms with van der Waals surface area (Å²) in [6.45, 7) is 2.24. The molecule has 0 radical (unpaired) electrons. The number of unbranched alkanes of at least 4 members (excludes halogenated alkanes) is 9. The number of hydrogen-bond donors (Lipinski definition) is 1. The Morgan fingerprint density at radius 2 is 1.37 bits per heavy atom. The maximum absolute atomic E-state index is 10.3. The minimum atomic E-state index is -0.666. The number of allylic oxidation sites excluding steroid dienone is 2. The number of carbonyl (C=O) groups is 1. The van der Waals surface area contributed by atoms with E-state index in [9.17, 15) is 4.79 Å². The van der Waals surface area contributed by atoms with E-state index in [1.165, 1.54) is 57.8 Å². The Morgan fingerprint density at radius 3 is 1.89 bits per heavy atom. The summed E-state index contributed by atoms with van der Waals surface area (Å²) < 4.78 is 0. The molecule has 0 aromatic heterocycles. The molecule has 0 aromatic rings. The van der Waals surface area contributed by atoms with Gasteiger partial charge in [-0.05, 0) is 32.1 Å². The first-order valence-electron chi connectivity index (χ1n) is 7.64. The predicted molar refractivity (Wildman–Crippen MR) is 85.8 cm³/mol. The summed E-state index contributed by atoms with van der Waals surface area (Å²) in [7, 11) is 0. The van der Waals surface area contributed by atoms with Gasteiger partial charge in [-0.15, -0.1) is 0 Å². The average molecular weight is 394 g/mol. The number of rotatable bonds is 13. The molecule has 19 heavy (non-hydrogen) atoms. The molecule has 0 rings (SSSR count). The van der Waals surface area contributed by atoms with Gasteiger partial charge in [0.25, 0.3) is 0 Å². The Balaban J connectivity index is -0.000000482. The van der Waals surface area contributed by atoms with Gasteiger partial charge in [0, 0.05) is 6.42 Å². The summed E-state index contributed by atoms with van der Waals surface area (Å²) in [6, 6.07) is 0. The van der Waals surface area contributed by atoms with E-state index >= 15 is 0 Å². The van der Waals surface area contributed by atoms with Crippen molar-refractivity contribution in [3.05, 3.63) is 12.2 Å². The van der Waals surface area contributed by atoms with Crippen LogP contribution in [0.4, 0.5) is 0 Å². The van der Waals surface area contributed by atoms with Gasteiger partial charge in [0.1, 0.15) is 0 Å². The van der Waals surface area contributed by atoms with E-state index in [0.29, 0.717) is 6.42 Å². The predicted octanol–water partition coefficient (Wildman–Crippen LogP) is 5.17. The van der Waals surface area contributed by atoms with Gasteiger partial charge in [-0.2, -0.15) is 0 Å². The Hall–Kier alpha value is 0.781. The summed E-state index contributed by atoms with van der Waals surface area (Å²) in [5.74, 6) is -0.666. The summed E-state index contributed by atoms with van der Waals surface area (Å²) >= 11 is 0. The van der Waals surface area contributed by atoms with Crippen LogP contribution in [0.15, 0.2) is 12.2 Å². The largest absolute Gasteiger partial charge is 2.00 e. The number of hydrogen-bond acceptors (Lipinski definition) is 1. The first kappa shape index (κ1) is 22.1. The molecule has 0 unspecified atom stereocenters. The SMILES string of the molecule is CCCCCC/C=C\CCCCCCCC(=O)O.[Ba+2].[H-].[H-]. The monoisotopic (exact) mass is 394 g/mol. The molecule has 3 heteroatoms. The molecule has 0 bridgehead atoms. The van der Waals surface area contributed by atoms with Crippen molar-refractivity contribution < 1.29 is 12.8 Å². The van der Waals surface area contributed by atoms with Gasteiger partial charge in [-0.3, -0.25) is 4.79 Å².